The molecule has 2 nitrogen and oxygen atoms in total. The number of anilines is 1. The van der Waals surface area contributed by atoms with Crippen LogP contribution in [-0.4, -0.2) is 4.98 Å². The van der Waals surface area contributed by atoms with Crippen molar-refractivity contribution in [2.45, 2.75) is 32.2 Å². The molecule has 1 heterocycles. The minimum absolute atomic E-state index is 0.109. The van der Waals surface area contributed by atoms with Gasteiger partial charge in [-0.2, -0.15) is 0 Å². The normalized spacial score (nSPS) is 12.2. The Bertz CT molecular complexity index is 542. The molecule has 0 aliphatic rings. The van der Waals surface area contributed by atoms with Crippen LogP contribution in [0, 0.1) is 5.82 Å². The predicted octanol–water partition coefficient (Wildman–Crippen LogP) is 5.22. The highest BCUT2D eigenvalue weighted by Gasteiger charge is 2.12. The zero-order valence-corrected chi connectivity index (χ0v) is 12.2. The third-order valence-corrected chi connectivity index (χ3v) is 3.55. The molecule has 1 aromatic carbocycles. The molecule has 0 saturated heterocycles. The van der Waals surface area contributed by atoms with E-state index in [-0.39, 0.29) is 11.9 Å². The molecule has 1 atom stereocenters. The first-order valence-corrected chi connectivity index (χ1v) is 7.20. The van der Waals surface area contributed by atoms with Gasteiger partial charge >= 0.3 is 0 Å². The van der Waals surface area contributed by atoms with Gasteiger partial charge in [-0.25, -0.2) is 4.39 Å². The molecular weight excluding hydrogens is 275 g/mol. The monoisotopic (exact) mass is 292 g/mol. The van der Waals surface area contributed by atoms with Crippen LogP contribution < -0.4 is 5.32 Å². The molecule has 1 N–H and O–H groups in total. The lowest BCUT2D eigenvalue weighted by molar-refractivity contribution is 0.616. The molecule has 0 bridgehead atoms. The Hall–Kier alpha value is -1.61. The average molecular weight is 293 g/mol. The Morgan fingerprint density at radius 1 is 1.25 bits per heavy atom. The molecule has 1 unspecified atom stereocenters. The molecule has 20 heavy (non-hydrogen) atoms. The second-order valence-electron chi connectivity index (χ2n) is 4.75. The van der Waals surface area contributed by atoms with E-state index in [2.05, 4.69) is 17.2 Å². The van der Waals surface area contributed by atoms with Crippen molar-refractivity contribution < 1.29 is 4.39 Å². The fourth-order valence-corrected chi connectivity index (χ4v) is 2.26. The van der Waals surface area contributed by atoms with Crippen LogP contribution in [0.4, 0.5) is 10.1 Å². The number of rotatable bonds is 6. The lowest BCUT2D eigenvalue weighted by atomic mass is 10.0. The van der Waals surface area contributed by atoms with E-state index in [0.717, 1.165) is 30.5 Å². The predicted molar refractivity (Wildman–Crippen MR) is 81.5 cm³/mol. The van der Waals surface area contributed by atoms with Gasteiger partial charge in [0.2, 0.25) is 0 Å². The molecule has 0 fully saturated rings. The van der Waals surface area contributed by atoms with Crippen molar-refractivity contribution in [1.82, 2.24) is 4.98 Å². The molecule has 2 rings (SSSR count). The van der Waals surface area contributed by atoms with Crippen LogP contribution in [0.2, 0.25) is 5.02 Å². The number of nitrogens with zero attached hydrogens (tertiary/aromatic N) is 1. The van der Waals surface area contributed by atoms with Crippen molar-refractivity contribution >= 4 is 17.3 Å². The molecule has 0 aliphatic carbocycles. The van der Waals surface area contributed by atoms with Crippen molar-refractivity contribution in [2.75, 3.05) is 5.32 Å². The summed E-state index contributed by atoms with van der Waals surface area (Å²) in [5.74, 6) is -0.220. The number of hydrogen-bond donors (Lipinski definition) is 1. The Balaban J connectivity index is 2.19. The lowest BCUT2D eigenvalue weighted by Gasteiger charge is -2.20. The molecule has 0 saturated carbocycles. The third-order valence-electron chi connectivity index (χ3n) is 3.22. The lowest BCUT2D eigenvalue weighted by Crippen LogP contribution is -2.11. The quantitative estimate of drug-likeness (QED) is 0.790. The summed E-state index contributed by atoms with van der Waals surface area (Å²) in [7, 11) is 0. The summed E-state index contributed by atoms with van der Waals surface area (Å²) in [6, 6.07) is 8.46. The molecule has 2 aromatic rings. The second-order valence-corrected chi connectivity index (χ2v) is 5.15. The van der Waals surface area contributed by atoms with E-state index < -0.39 is 0 Å². The largest absolute Gasteiger partial charge is 0.376 e. The topological polar surface area (TPSA) is 24.9 Å². The van der Waals surface area contributed by atoms with Crippen molar-refractivity contribution in [1.29, 1.82) is 0 Å². The molecular formula is C16H18ClFN2. The summed E-state index contributed by atoms with van der Waals surface area (Å²) < 4.78 is 13.0. The SMILES string of the molecule is CCCCC(Nc1cnccc1Cl)c1ccc(F)cc1. The standard InChI is InChI=1S/C16H18ClFN2/c1-2-3-4-15(12-5-7-13(18)8-6-12)20-16-11-19-10-9-14(16)17/h5-11,15,20H,2-4H2,1H3. The minimum atomic E-state index is -0.220. The number of pyridine rings is 1. The van der Waals surface area contributed by atoms with E-state index in [9.17, 15) is 4.39 Å². The average Bonchev–Trinajstić information content (AvgIpc) is 2.46. The number of aromatic nitrogens is 1. The van der Waals surface area contributed by atoms with Crippen LogP contribution in [0.15, 0.2) is 42.7 Å². The Kier molecular flexibility index (Phi) is 5.36. The Labute approximate surface area is 124 Å². The van der Waals surface area contributed by atoms with E-state index in [4.69, 9.17) is 11.6 Å². The van der Waals surface area contributed by atoms with Gasteiger partial charge in [0.1, 0.15) is 5.82 Å². The van der Waals surface area contributed by atoms with Gasteiger partial charge in [-0.15, -0.1) is 0 Å². The van der Waals surface area contributed by atoms with Gasteiger partial charge in [-0.3, -0.25) is 4.98 Å². The van der Waals surface area contributed by atoms with E-state index in [1.807, 2.05) is 12.1 Å². The van der Waals surface area contributed by atoms with Crippen LogP contribution in [0.5, 0.6) is 0 Å². The van der Waals surface area contributed by atoms with Gasteiger partial charge in [-0.1, -0.05) is 43.5 Å². The van der Waals surface area contributed by atoms with Gasteiger partial charge < -0.3 is 5.32 Å². The smallest absolute Gasteiger partial charge is 0.123 e. The zero-order chi connectivity index (χ0) is 14.4. The highest BCUT2D eigenvalue weighted by atomic mass is 35.5. The third kappa shape index (κ3) is 3.94. The van der Waals surface area contributed by atoms with Crippen molar-refractivity contribution in [3.63, 3.8) is 0 Å². The van der Waals surface area contributed by atoms with Gasteiger partial charge in [0.15, 0.2) is 0 Å². The maximum Gasteiger partial charge on any atom is 0.123 e. The van der Waals surface area contributed by atoms with Crippen LogP contribution in [0.1, 0.15) is 37.8 Å². The van der Waals surface area contributed by atoms with Gasteiger partial charge in [0.05, 0.1) is 22.9 Å². The maximum atomic E-state index is 13.0. The first kappa shape index (κ1) is 14.8. The van der Waals surface area contributed by atoms with Crippen molar-refractivity contribution in [2.24, 2.45) is 0 Å². The van der Waals surface area contributed by atoms with Gasteiger partial charge in [-0.05, 0) is 30.2 Å². The van der Waals surface area contributed by atoms with Crippen molar-refractivity contribution in [3.05, 3.63) is 59.1 Å². The van der Waals surface area contributed by atoms with Gasteiger partial charge in [0, 0.05) is 6.20 Å². The summed E-state index contributed by atoms with van der Waals surface area (Å²) >= 11 is 6.15. The van der Waals surface area contributed by atoms with E-state index in [0.29, 0.717) is 5.02 Å². The molecule has 106 valence electrons. The molecule has 0 amide bonds. The Morgan fingerprint density at radius 3 is 2.65 bits per heavy atom. The van der Waals surface area contributed by atoms with Crippen LogP contribution in [0.3, 0.4) is 0 Å². The highest BCUT2D eigenvalue weighted by molar-refractivity contribution is 6.33. The van der Waals surface area contributed by atoms with Crippen LogP contribution >= 0.6 is 11.6 Å². The van der Waals surface area contributed by atoms with Crippen LogP contribution in [0.25, 0.3) is 0 Å². The first-order chi connectivity index (χ1) is 9.70. The highest BCUT2D eigenvalue weighted by Crippen LogP contribution is 2.28. The van der Waals surface area contributed by atoms with E-state index in [1.165, 1.54) is 12.1 Å². The minimum Gasteiger partial charge on any atom is -0.376 e. The molecule has 0 spiro atoms. The van der Waals surface area contributed by atoms with Crippen LogP contribution in [-0.2, 0) is 0 Å². The van der Waals surface area contributed by atoms with E-state index >= 15 is 0 Å². The Morgan fingerprint density at radius 2 is 2.00 bits per heavy atom. The fraction of sp³-hybridized carbons (Fsp3) is 0.312. The summed E-state index contributed by atoms with van der Waals surface area (Å²) in [5, 5.41) is 4.04. The summed E-state index contributed by atoms with van der Waals surface area (Å²) in [6.07, 6.45) is 6.54. The molecule has 4 heteroatoms. The first-order valence-electron chi connectivity index (χ1n) is 6.82. The molecule has 1 aromatic heterocycles. The summed E-state index contributed by atoms with van der Waals surface area (Å²) in [6.45, 7) is 2.15. The number of hydrogen-bond acceptors (Lipinski definition) is 2. The summed E-state index contributed by atoms with van der Waals surface area (Å²) in [5.41, 5.74) is 1.86. The maximum absolute atomic E-state index is 13.0. The fourth-order valence-electron chi connectivity index (χ4n) is 2.10. The molecule has 0 radical (unpaired) electrons. The molecule has 0 aliphatic heterocycles. The van der Waals surface area contributed by atoms with Crippen molar-refractivity contribution in [3.8, 4) is 0 Å². The number of benzene rings is 1. The number of unbranched alkanes of at least 4 members (excludes halogenated alkanes) is 1. The van der Waals surface area contributed by atoms with E-state index in [1.54, 1.807) is 18.5 Å². The zero-order valence-electron chi connectivity index (χ0n) is 11.4. The second kappa shape index (κ2) is 7.25. The number of nitrogens with one attached hydrogen (secondary N) is 1. The summed E-state index contributed by atoms with van der Waals surface area (Å²) in [4.78, 5) is 4.08. The van der Waals surface area contributed by atoms with Gasteiger partial charge in [0.25, 0.3) is 0 Å². The number of halogens is 2.